The van der Waals surface area contributed by atoms with Crippen molar-refractivity contribution in [1.29, 1.82) is 0 Å². The highest BCUT2D eigenvalue weighted by Crippen LogP contribution is 2.22. The van der Waals surface area contributed by atoms with Gasteiger partial charge in [0.1, 0.15) is 12.4 Å². The van der Waals surface area contributed by atoms with E-state index < -0.39 is 0 Å². The van der Waals surface area contributed by atoms with E-state index in [1.807, 2.05) is 67.8 Å². The van der Waals surface area contributed by atoms with Gasteiger partial charge in [-0.2, -0.15) is 0 Å². The van der Waals surface area contributed by atoms with Crippen molar-refractivity contribution in [3.63, 3.8) is 0 Å². The highest BCUT2D eigenvalue weighted by atomic mass is 32.1. The molecule has 0 saturated carbocycles. The van der Waals surface area contributed by atoms with Crippen LogP contribution >= 0.6 is 11.3 Å². The minimum atomic E-state index is -0.0876. The van der Waals surface area contributed by atoms with Gasteiger partial charge < -0.3 is 10.1 Å². The van der Waals surface area contributed by atoms with Crippen LogP contribution in [0.25, 0.3) is 0 Å². The zero-order chi connectivity index (χ0) is 17.8. The molecule has 3 nitrogen and oxygen atoms in total. The summed E-state index contributed by atoms with van der Waals surface area (Å²) in [4.78, 5) is 13.1. The van der Waals surface area contributed by atoms with Crippen molar-refractivity contribution < 1.29 is 9.53 Å². The molecule has 0 aliphatic rings. The fraction of sp³-hybridized carbons (Fsp3) is 0.190. The molecule has 0 spiro atoms. The topological polar surface area (TPSA) is 38.3 Å². The first-order valence-electron chi connectivity index (χ1n) is 8.17. The molecule has 4 heteroatoms. The molecule has 1 amide bonds. The number of aryl methyl sites for hydroxylation is 3. The van der Waals surface area contributed by atoms with Gasteiger partial charge in [0.25, 0.3) is 5.91 Å². The van der Waals surface area contributed by atoms with Gasteiger partial charge >= 0.3 is 0 Å². The third-order valence-electron chi connectivity index (χ3n) is 4.13. The van der Waals surface area contributed by atoms with Crippen molar-refractivity contribution in [2.45, 2.75) is 27.4 Å². The number of rotatable bonds is 5. The molecule has 0 aliphatic heterocycles. The van der Waals surface area contributed by atoms with E-state index in [0.29, 0.717) is 11.5 Å². The molecule has 128 valence electrons. The number of carbonyl (C=O) groups excluding carboxylic acids is 1. The summed E-state index contributed by atoms with van der Waals surface area (Å²) in [6.07, 6.45) is 0. The number of para-hydroxylation sites is 1. The normalized spacial score (nSPS) is 10.5. The molecule has 0 bridgehead atoms. The monoisotopic (exact) mass is 351 g/mol. The van der Waals surface area contributed by atoms with Crippen molar-refractivity contribution in [3.05, 3.63) is 81.0 Å². The van der Waals surface area contributed by atoms with Crippen LogP contribution in [0.1, 0.15) is 31.9 Å². The smallest absolute Gasteiger partial charge is 0.265 e. The quantitative estimate of drug-likeness (QED) is 0.659. The SMILES string of the molecule is Cc1ccc(NC(=O)c2cc(COc3ccccc3C)cs2)cc1C. The average Bonchev–Trinajstić information content (AvgIpc) is 3.07. The Hall–Kier alpha value is -2.59. The fourth-order valence-corrected chi connectivity index (χ4v) is 3.25. The largest absolute Gasteiger partial charge is 0.489 e. The molecule has 1 N–H and O–H groups in total. The number of nitrogens with one attached hydrogen (secondary N) is 1. The van der Waals surface area contributed by atoms with Crippen LogP contribution in [0.3, 0.4) is 0 Å². The number of benzene rings is 2. The van der Waals surface area contributed by atoms with Crippen molar-refractivity contribution in [2.24, 2.45) is 0 Å². The maximum atomic E-state index is 12.4. The van der Waals surface area contributed by atoms with Crippen LogP contribution in [0.4, 0.5) is 5.69 Å². The third kappa shape index (κ3) is 4.28. The molecule has 0 unspecified atom stereocenters. The highest BCUT2D eigenvalue weighted by molar-refractivity contribution is 7.12. The van der Waals surface area contributed by atoms with Crippen LogP contribution < -0.4 is 10.1 Å². The summed E-state index contributed by atoms with van der Waals surface area (Å²) in [6.45, 7) is 6.57. The fourth-order valence-electron chi connectivity index (χ4n) is 2.46. The molecular formula is C21H21NO2S. The summed E-state index contributed by atoms with van der Waals surface area (Å²) in [5.74, 6) is 0.783. The summed E-state index contributed by atoms with van der Waals surface area (Å²) in [5, 5.41) is 4.92. The first-order valence-corrected chi connectivity index (χ1v) is 9.05. The van der Waals surface area contributed by atoms with Crippen molar-refractivity contribution in [2.75, 3.05) is 5.32 Å². The van der Waals surface area contributed by atoms with E-state index in [0.717, 1.165) is 28.1 Å². The number of carbonyl (C=O) groups is 1. The molecule has 3 aromatic rings. The summed E-state index contributed by atoms with van der Waals surface area (Å²) in [6, 6.07) is 15.7. The Bertz CT molecular complexity index is 898. The Morgan fingerprint density at radius 1 is 1.00 bits per heavy atom. The second-order valence-corrected chi connectivity index (χ2v) is 7.04. The number of thiophene rings is 1. The van der Waals surface area contributed by atoms with Gasteiger partial charge in [-0.15, -0.1) is 11.3 Å². The van der Waals surface area contributed by atoms with Crippen LogP contribution in [-0.2, 0) is 6.61 Å². The maximum absolute atomic E-state index is 12.4. The predicted molar refractivity (Wildman–Crippen MR) is 104 cm³/mol. The minimum absolute atomic E-state index is 0.0876. The van der Waals surface area contributed by atoms with E-state index in [9.17, 15) is 4.79 Å². The maximum Gasteiger partial charge on any atom is 0.265 e. The van der Waals surface area contributed by atoms with Gasteiger partial charge in [0.05, 0.1) is 4.88 Å². The van der Waals surface area contributed by atoms with Crippen LogP contribution in [-0.4, -0.2) is 5.91 Å². The van der Waals surface area contributed by atoms with Crippen LogP contribution in [0.15, 0.2) is 53.9 Å². The van der Waals surface area contributed by atoms with Gasteiger partial charge in [0.2, 0.25) is 0 Å². The lowest BCUT2D eigenvalue weighted by Gasteiger charge is -2.07. The van der Waals surface area contributed by atoms with Crippen molar-refractivity contribution in [1.82, 2.24) is 0 Å². The van der Waals surface area contributed by atoms with Crippen LogP contribution in [0.5, 0.6) is 5.75 Å². The van der Waals surface area contributed by atoms with E-state index in [1.165, 1.54) is 16.9 Å². The second kappa shape index (κ2) is 7.53. The van der Waals surface area contributed by atoms with Gasteiger partial charge in [-0.1, -0.05) is 24.3 Å². The van der Waals surface area contributed by atoms with Crippen molar-refractivity contribution in [3.8, 4) is 5.75 Å². The number of hydrogen-bond acceptors (Lipinski definition) is 3. The molecule has 0 radical (unpaired) electrons. The minimum Gasteiger partial charge on any atom is -0.489 e. The Morgan fingerprint density at radius 2 is 1.80 bits per heavy atom. The molecule has 1 heterocycles. The van der Waals surface area contributed by atoms with Gasteiger partial charge in [0.15, 0.2) is 0 Å². The third-order valence-corrected chi connectivity index (χ3v) is 5.11. The average molecular weight is 351 g/mol. The van der Waals surface area contributed by atoms with Gasteiger partial charge in [-0.3, -0.25) is 4.79 Å². The Morgan fingerprint density at radius 3 is 2.56 bits per heavy atom. The molecule has 0 saturated heterocycles. The zero-order valence-electron chi connectivity index (χ0n) is 14.6. The van der Waals surface area contributed by atoms with E-state index >= 15 is 0 Å². The van der Waals surface area contributed by atoms with E-state index in [1.54, 1.807) is 0 Å². The van der Waals surface area contributed by atoms with Crippen LogP contribution in [0.2, 0.25) is 0 Å². The summed E-state index contributed by atoms with van der Waals surface area (Å²) < 4.78 is 5.84. The lowest BCUT2D eigenvalue weighted by atomic mass is 10.1. The Labute approximate surface area is 152 Å². The first kappa shape index (κ1) is 17.2. The summed E-state index contributed by atoms with van der Waals surface area (Å²) >= 11 is 1.43. The first-order chi connectivity index (χ1) is 12.0. The predicted octanol–water partition coefficient (Wildman–Crippen LogP) is 5.50. The molecule has 3 rings (SSSR count). The molecule has 2 aromatic carbocycles. The molecule has 25 heavy (non-hydrogen) atoms. The molecule has 0 aliphatic carbocycles. The molecule has 0 atom stereocenters. The van der Waals surface area contributed by atoms with Crippen molar-refractivity contribution >= 4 is 22.9 Å². The Kier molecular flexibility index (Phi) is 5.19. The standard InChI is InChI=1S/C21H21NO2S/c1-14-8-9-18(10-16(14)3)22-21(23)20-11-17(13-25-20)12-24-19-7-5-4-6-15(19)2/h4-11,13H,12H2,1-3H3,(H,22,23). The van der Waals surface area contributed by atoms with Crippen LogP contribution in [0, 0.1) is 20.8 Å². The zero-order valence-corrected chi connectivity index (χ0v) is 15.4. The lowest BCUT2D eigenvalue weighted by molar-refractivity contribution is 0.103. The van der Waals surface area contributed by atoms with E-state index in [2.05, 4.69) is 12.2 Å². The number of anilines is 1. The van der Waals surface area contributed by atoms with Gasteiger partial charge in [0, 0.05) is 11.3 Å². The van der Waals surface area contributed by atoms with E-state index in [4.69, 9.17) is 4.74 Å². The Balaban J connectivity index is 1.63. The number of hydrogen-bond donors (Lipinski definition) is 1. The second-order valence-electron chi connectivity index (χ2n) is 6.13. The summed E-state index contributed by atoms with van der Waals surface area (Å²) in [7, 11) is 0. The number of amides is 1. The number of ether oxygens (including phenoxy) is 1. The van der Waals surface area contributed by atoms with Gasteiger partial charge in [-0.05, 0) is 67.1 Å². The molecule has 0 fully saturated rings. The van der Waals surface area contributed by atoms with E-state index in [-0.39, 0.29) is 5.91 Å². The summed E-state index contributed by atoms with van der Waals surface area (Å²) in [5.41, 5.74) is 5.30. The van der Waals surface area contributed by atoms with Gasteiger partial charge in [-0.25, -0.2) is 0 Å². The molecular weight excluding hydrogens is 330 g/mol. The molecule has 1 aromatic heterocycles. The lowest BCUT2D eigenvalue weighted by Crippen LogP contribution is -2.10. The highest BCUT2D eigenvalue weighted by Gasteiger charge is 2.10.